The maximum absolute atomic E-state index is 11.5. The smallest absolute Gasteiger partial charge is 0.303 e. The fourth-order valence-electron chi connectivity index (χ4n) is 2.16. The molecular weight excluding hydrogens is 300 g/mol. The predicted molar refractivity (Wildman–Crippen MR) is 81.2 cm³/mol. The van der Waals surface area contributed by atoms with Gasteiger partial charge in [0.25, 0.3) is 0 Å². The summed E-state index contributed by atoms with van der Waals surface area (Å²) >= 11 is 0. The number of hydrogen-bond acceptors (Lipinski definition) is 6. The van der Waals surface area contributed by atoms with E-state index in [4.69, 9.17) is 21.7 Å². The molecule has 1 aliphatic rings. The maximum Gasteiger partial charge on any atom is 0.303 e. The Balaban J connectivity index is 2.05. The number of hydrogen-bond donors (Lipinski definition) is 0. The normalized spacial score (nSPS) is 24.1. The first kappa shape index (κ1) is 14.3. The van der Waals surface area contributed by atoms with Gasteiger partial charge in [-0.1, -0.05) is 30.3 Å². The van der Waals surface area contributed by atoms with E-state index in [0.717, 1.165) is 5.56 Å². The molecule has 0 aromatic heterocycles. The van der Waals surface area contributed by atoms with Crippen LogP contribution in [-0.4, -0.2) is 36.9 Å². The highest BCUT2D eigenvalue weighted by atomic mass is 16.6. The van der Waals surface area contributed by atoms with Crippen molar-refractivity contribution in [3.05, 3.63) is 48.2 Å². The zero-order valence-corrected chi connectivity index (χ0v) is 12.6. The van der Waals surface area contributed by atoms with Gasteiger partial charge in [-0.15, -0.1) is 0 Å². The number of ether oxygens (including phenoxy) is 4. The molecule has 0 radical (unpaired) electrons. The average Bonchev–Trinajstić information content (AvgIpc) is 2.65. The molecule has 6 nitrogen and oxygen atoms in total. The van der Waals surface area contributed by atoms with Crippen molar-refractivity contribution in [2.45, 2.75) is 38.7 Å². The Morgan fingerprint density at radius 1 is 1.22 bits per heavy atom. The van der Waals surface area contributed by atoms with E-state index < -0.39 is 44.1 Å². The quantitative estimate of drug-likeness (QED) is 0.746. The summed E-state index contributed by atoms with van der Waals surface area (Å²) in [5, 5.41) is 0. The van der Waals surface area contributed by atoms with Crippen LogP contribution in [0.25, 0.3) is 0 Å². The highest BCUT2D eigenvalue weighted by molar-refractivity contribution is 5.66. The van der Waals surface area contributed by atoms with Crippen LogP contribution in [0.1, 0.15) is 22.1 Å². The summed E-state index contributed by atoms with van der Waals surface area (Å²) < 4.78 is 35.5. The summed E-state index contributed by atoms with van der Waals surface area (Å²) in [6.07, 6.45) is 0.720. The third-order valence-electron chi connectivity index (χ3n) is 3.17. The molecule has 3 atom stereocenters. The molecule has 2 rings (SSSR count). The van der Waals surface area contributed by atoms with Crippen LogP contribution < -0.4 is 0 Å². The van der Waals surface area contributed by atoms with Crippen molar-refractivity contribution in [1.82, 2.24) is 0 Å². The van der Waals surface area contributed by atoms with Crippen LogP contribution in [-0.2, 0) is 35.1 Å². The molecule has 0 aliphatic carbocycles. The SMILES string of the molecule is [2H]CC(=O)OC[C@H]1OC=C[C@@H](OC(=O)C[2H])[C@@H]1OCc1ccccc1. The molecule has 0 saturated carbocycles. The van der Waals surface area contributed by atoms with E-state index in [-0.39, 0.29) is 13.2 Å². The molecule has 124 valence electrons. The van der Waals surface area contributed by atoms with Crippen LogP contribution in [0.3, 0.4) is 0 Å². The minimum atomic E-state index is -0.755. The Hall–Kier alpha value is -2.34. The number of carbonyl (C=O) groups excluding carboxylic acids is 2. The second kappa shape index (κ2) is 8.33. The Kier molecular flexibility index (Phi) is 5.17. The lowest BCUT2D eigenvalue weighted by Gasteiger charge is -2.33. The first-order valence-electron chi connectivity index (χ1n) is 8.46. The highest BCUT2D eigenvalue weighted by Crippen LogP contribution is 2.21. The molecule has 1 aromatic carbocycles. The first-order chi connectivity index (χ1) is 12.1. The van der Waals surface area contributed by atoms with Crippen molar-refractivity contribution in [2.24, 2.45) is 0 Å². The van der Waals surface area contributed by atoms with Crippen LogP contribution in [0.2, 0.25) is 0 Å². The summed E-state index contributed by atoms with van der Waals surface area (Å²) in [5.41, 5.74) is 0.921. The molecule has 0 amide bonds. The number of rotatable bonds is 6. The van der Waals surface area contributed by atoms with Crippen molar-refractivity contribution in [3.63, 3.8) is 0 Å². The van der Waals surface area contributed by atoms with E-state index in [0.29, 0.717) is 0 Å². The van der Waals surface area contributed by atoms with Crippen LogP contribution in [0, 0.1) is 0 Å². The van der Waals surface area contributed by atoms with E-state index in [1.807, 2.05) is 30.3 Å². The molecular formula is C17H20O6. The predicted octanol–water partition coefficient (Wildman–Crippen LogP) is 1.98. The highest BCUT2D eigenvalue weighted by Gasteiger charge is 2.36. The Bertz CT molecular complexity index is 592. The lowest BCUT2D eigenvalue weighted by atomic mass is 10.1. The minimum Gasteiger partial charge on any atom is -0.492 e. The van der Waals surface area contributed by atoms with Crippen molar-refractivity contribution in [3.8, 4) is 0 Å². The van der Waals surface area contributed by atoms with Crippen molar-refractivity contribution < 1.29 is 31.3 Å². The molecule has 0 bridgehead atoms. The van der Waals surface area contributed by atoms with Gasteiger partial charge in [-0.05, 0) is 11.6 Å². The van der Waals surface area contributed by atoms with Gasteiger partial charge in [0.2, 0.25) is 0 Å². The average molecular weight is 322 g/mol. The zero-order valence-electron chi connectivity index (χ0n) is 14.6. The largest absolute Gasteiger partial charge is 0.492 e. The maximum atomic E-state index is 11.5. The van der Waals surface area contributed by atoms with Gasteiger partial charge >= 0.3 is 11.9 Å². The molecule has 1 aromatic rings. The molecule has 0 spiro atoms. The minimum absolute atomic E-state index is 0.129. The number of esters is 2. The molecule has 0 unspecified atom stereocenters. The van der Waals surface area contributed by atoms with Gasteiger partial charge in [-0.3, -0.25) is 9.59 Å². The Morgan fingerprint density at radius 2 is 2.00 bits per heavy atom. The van der Waals surface area contributed by atoms with E-state index >= 15 is 0 Å². The van der Waals surface area contributed by atoms with E-state index in [2.05, 4.69) is 0 Å². The fraction of sp³-hybridized carbons (Fsp3) is 0.412. The Morgan fingerprint density at radius 3 is 2.74 bits per heavy atom. The van der Waals surface area contributed by atoms with Crippen LogP contribution >= 0.6 is 0 Å². The fourth-order valence-corrected chi connectivity index (χ4v) is 2.16. The van der Waals surface area contributed by atoms with E-state index in [1.165, 1.54) is 12.3 Å². The molecule has 23 heavy (non-hydrogen) atoms. The third kappa shape index (κ3) is 5.41. The van der Waals surface area contributed by atoms with Gasteiger partial charge in [0, 0.05) is 16.5 Å². The summed E-state index contributed by atoms with van der Waals surface area (Å²) in [5.74, 6) is -1.37. The van der Waals surface area contributed by atoms with Crippen LogP contribution in [0.5, 0.6) is 0 Å². The van der Waals surface area contributed by atoms with Gasteiger partial charge < -0.3 is 18.9 Å². The number of benzene rings is 1. The summed E-state index contributed by atoms with van der Waals surface area (Å²) in [4.78, 5) is 22.7. The van der Waals surface area contributed by atoms with Gasteiger partial charge in [0.1, 0.15) is 12.7 Å². The van der Waals surface area contributed by atoms with Crippen LogP contribution in [0.4, 0.5) is 0 Å². The summed E-state index contributed by atoms with van der Waals surface area (Å²) in [6, 6.07) is 9.42. The second-order valence-electron chi connectivity index (χ2n) is 4.90. The first-order valence-corrected chi connectivity index (χ1v) is 7.05. The molecule has 0 fully saturated rings. The summed E-state index contributed by atoms with van der Waals surface area (Å²) in [7, 11) is 0. The lowest BCUT2D eigenvalue weighted by Crippen LogP contribution is -2.46. The summed E-state index contributed by atoms with van der Waals surface area (Å²) in [6.45, 7) is -0.874. The van der Waals surface area contributed by atoms with Crippen molar-refractivity contribution >= 4 is 11.9 Å². The topological polar surface area (TPSA) is 71.1 Å². The Labute approximate surface area is 137 Å². The van der Waals surface area contributed by atoms with E-state index in [1.54, 1.807) is 0 Å². The van der Waals surface area contributed by atoms with Crippen molar-refractivity contribution in [1.29, 1.82) is 0 Å². The second-order valence-corrected chi connectivity index (χ2v) is 4.90. The molecule has 0 N–H and O–H groups in total. The molecule has 1 heterocycles. The third-order valence-corrected chi connectivity index (χ3v) is 3.17. The van der Waals surface area contributed by atoms with Gasteiger partial charge in [0.05, 0.1) is 12.9 Å². The standard InChI is InChI=1S/C17H20O6/c1-12(18)21-11-16-17(15(8-9-20-16)23-13(2)19)22-10-14-6-4-3-5-7-14/h3-9,15-17H,10-11H2,1-2H3/t15-,16-,17+/m1/s1/i1D,2D. The molecule has 6 heteroatoms. The van der Waals surface area contributed by atoms with Gasteiger partial charge in [0.15, 0.2) is 12.2 Å². The van der Waals surface area contributed by atoms with Crippen LogP contribution in [0.15, 0.2) is 42.7 Å². The molecule has 1 aliphatic heterocycles. The lowest BCUT2D eigenvalue weighted by molar-refractivity contribution is -0.171. The van der Waals surface area contributed by atoms with Gasteiger partial charge in [-0.2, -0.15) is 0 Å². The van der Waals surface area contributed by atoms with Gasteiger partial charge in [-0.25, -0.2) is 0 Å². The zero-order chi connectivity index (χ0) is 18.1. The monoisotopic (exact) mass is 322 g/mol. The van der Waals surface area contributed by atoms with Crippen molar-refractivity contribution in [2.75, 3.05) is 6.61 Å². The number of carbonyl (C=O) groups is 2. The molecule has 0 saturated heterocycles. The van der Waals surface area contributed by atoms with E-state index in [9.17, 15) is 9.59 Å².